The molecular formula is C15H30N2S. The maximum absolute atomic E-state index is 5.57. The molecule has 2 nitrogen and oxygen atoms in total. The first-order valence-corrected chi connectivity index (χ1v) is 8.24. The smallest absolute Gasteiger partial charge is 0.169 e. The van der Waals surface area contributed by atoms with Gasteiger partial charge in [-0.25, -0.2) is 0 Å². The molecule has 0 aliphatic carbocycles. The third-order valence-corrected chi connectivity index (χ3v) is 4.29. The van der Waals surface area contributed by atoms with Gasteiger partial charge < -0.3 is 10.2 Å². The van der Waals surface area contributed by atoms with Gasteiger partial charge in [0.05, 0.1) is 0 Å². The molecule has 0 aromatic heterocycles. The highest BCUT2D eigenvalue weighted by atomic mass is 32.1. The van der Waals surface area contributed by atoms with E-state index in [4.69, 9.17) is 12.2 Å². The van der Waals surface area contributed by atoms with Crippen molar-refractivity contribution >= 4 is 17.3 Å². The van der Waals surface area contributed by atoms with Gasteiger partial charge in [-0.3, -0.25) is 0 Å². The van der Waals surface area contributed by atoms with E-state index in [9.17, 15) is 0 Å². The molecule has 1 N–H and O–H groups in total. The zero-order chi connectivity index (χ0) is 13.2. The van der Waals surface area contributed by atoms with Crippen molar-refractivity contribution in [3.8, 4) is 0 Å². The van der Waals surface area contributed by atoms with E-state index in [0.717, 1.165) is 18.2 Å². The zero-order valence-corrected chi connectivity index (χ0v) is 13.0. The molecule has 1 fully saturated rings. The summed E-state index contributed by atoms with van der Waals surface area (Å²) in [6, 6.07) is 0.670. The van der Waals surface area contributed by atoms with E-state index < -0.39 is 0 Å². The molecule has 1 saturated heterocycles. The number of rotatable bonds is 6. The van der Waals surface area contributed by atoms with Crippen LogP contribution in [-0.2, 0) is 0 Å². The second-order valence-corrected chi connectivity index (χ2v) is 5.78. The number of thiocarbonyl (C=S) groups is 1. The Balaban J connectivity index is 2.28. The van der Waals surface area contributed by atoms with Crippen LogP contribution in [0.2, 0.25) is 0 Å². The van der Waals surface area contributed by atoms with Crippen LogP contribution in [0.3, 0.4) is 0 Å². The lowest BCUT2D eigenvalue weighted by Gasteiger charge is -2.32. The third kappa shape index (κ3) is 5.55. The molecule has 0 saturated carbocycles. The predicted octanol–water partition coefficient (Wildman–Crippen LogP) is 4.10. The molecule has 0 spiro atoms. The van der Waals surface area contributed by atoms with Gasteiger partial charge in [-0.05, 0) is 37.9 Å². The van der Waals surface area contributed by atoms with Gasteiger partial charge in [0.15, 0.2) is 5.11 Å². The van der Waals surface area contributed by atoms with Crippen LogP contribution in [0.25, 0.3) is 0 Å². The number of nitrogens with one attached hydrogen (secondary N) is 1. The lowest BCUT2D eigenvalue weighted by molar-refractivity contribution is 0.303. The Morgan fingerprint density at radius 1 is 1.17 bits per heavy atom. The Labute approximate surface area is 119 Å². The van der Waals surface area contributed by atoms with Crippen molar-refractivity contribution in [3.63, 3.8) is 0 Å². The highest BCUT2D eigenvalue weighted by molar-refractivity contribution is 7.80. The van der Waals surface area contributed by atoms with Crippen molar-refractivity contribution in [2.75, 3.05) is 13.1 Å². The third-order valence-electron chi connectivity index (χ3n) is 3.92. The molecule has 106 valence electrons. The molecule has 1 rings (SSSR count). The van der Waals surface area contributed by atoms with Crippen molar-refractivity contribution < 1.29 is 0 Å². The maximum atomic E-state index is 5.57. The summed E-state index contributed by atoms with van der Waals surface area (Å²) in [6.07, 6.45) is 11.8. The Morgan fingerprint density at radius 2 is 2.00 bits per heavy atom. The van der Waals surface area contributed by atoms with Crippen molar-refractivity contribution in [2.45, 2.75) is 77.7 Å². The SMILES string of the molecule is CCCCCCNC(=S)N1CCCCCC1CC. The zero-order valence-electron chi connectivity index (χ0n) is 12.2. The van der Waals surface area contributed by atoms with Crippen LogP contribution < -0.4 is 5.32 Å². The van der Waals surface area contributed by atoms with Crippen molar-refractivity contribution in [1.29, 1.82) is 0 Å². The van der Waals surface area contributed by atoms with Crippen LogP contribution in [0.15, 0.2) is 0 Å². The van der Waals surface area contributed by atoms with E-state index in [-0.39, 0.29) is 0 Å². The average Bonchev–Trinajstić information content (AvgIpc) is 2.63. The molecule has 1 atom stereocenters. The van der Waals surface area contributed by atoms with Gasteiger partial charge in [0.25, 0.3) is 0 Å². The summed E-state index contributed by atoms with van der Waals surface area (Å²) in [4.78, 5) is 2.45. The Hall–Kier alpha value is -0.310. The van der Waals surface area contributed by atoms with Gasteiger partial charge >= 0.3 is 0 Å². The Bertz CT molecular complexity index is 231. The van der Waals surface area contributed by atoms with Gasteiger partial charge in [-0.15, -0.1) is 0 Å². The summed E-state index contributed by atoms with van der Waals surface area (Å²) in [6.45, 7) is 6.74. The molecule has 0 aromatic carbocycles. The number of likely N-dealkylation sites (tertiary alicyclic amines) is 1. The molecule has 0 radical (unpaired) electrons. The fraction of sp³-hybridized carbons (Fsp3) is 0.933. The summed E-state index contributed by atoms with van der Waals surface area (Å²) < 4.78 is 0. The van der Waals surface area contributed by atoms with Crippen LogP contribution >= 0.6 is 12.2 Å². The summed E-state index contributed by atoms with van der Waals surface area (Å²) in [5, 5.41) is 4.46. The molecule has 1 aliphatic heterocycles. The largest absolute Gasteiger partial charge is 0.363 e. The summed E-state index contributed by atoms with van der Waals surface area (Å²) in [5.74, 6) is 0. The maximum Gasteiger partial charge on any atom is 0.169 e. The first-order chi connectivity index (χ1) is 8.79. The quantitative estimate of drug-likeness (QED) is 0.578. The Morgan fingerprint density at radius 3 is 2.72 bits per heavy atom. The minimum Gasteiger partial charge on any atom is -0.363 e. The van der Waals surface area contributed by atoms with Crippen LogP contribution in [-0.4, -0.2) is 29.1 Å². The number of nitrogens with zero attached hydrogens (tertiary/aromatic N) is 1. The molecular weight excluding hydrogens is 240 g/mol. The van der Waals surface area contributed by atoms with Crippen molar-refractivity contribution in [3.05, 3.63) is 0 Å². The van der Waals surface area contributed by atoms with E-state index in [1.165, 1.54) is 57.8 Å². The molecule has 0 amide bonds. The van der Waals surface area contributed by atoms with Gasteiger partial charge in [0, 0.05) is 19.1 Å². The minimum absolute atomic E-state index is 0.670. The molecule has 18 heavy (non-hydrogen) atoms. The summed E-state index contributed by atoms with van der Waals surface area (Å²) in [5.41, 5.74) is 0. The second-order valence-electron chi connectivity index (χ2n) is 5.40. The highest BCUT2D eigenvalue weighted by Gasteiger charge is 2.21. The van der Waals surface area contributed by atoms with Gasteiger partial charge in [0.2, 0.25) is 0 Å². The Kier molecular flexibility index (Phi) is 8.40. The first kappa shape index (κ1) is 15.7. The van der Waals surface area contributed by atoms with E-state index in [1.807, 2.05) is 0 Å². The molecule has 0 bridgehead atoms. The van der Waals surface area contributed by atoms with Crippen LogP contribution in [0.1, 0.15) is 71.6 Å². The van der Waals surface area contributed by atoms with E-state index in [1.54, 1.807) is 0 Å². The first-order valence-electron chi connectivity index (χ1n) is 7.84. The van der Waals surface area contributed by atoms with Gasteiger partial charge in [0.1, 0.15) is 0 Å². The van der Waals surface area contributed by atoms with Crippen molar-refractivity contribution in [1.82, 2.24) is 10.2 Å². The monoisotopic (exact) mass is 270 g/mol. The van der Waals surface area contributed by atoms with E-state index in [0.29, 0.717) is 6.04 Å². The second kappa shape index (κ2) is 9.60. The molecule has 1 unspecified atom stereocenters. The van der Waals surface area contributed by atoms with Crippen LogP contribution in [0, 0.1) is 0 Å². The topological polar surface area (TPSA) is 15.3 Å². The minimum atomic E-state index is 0.670. The molecule has 3 heteroatoms. The fourth-order valence-electron chi connectivity index (χ4n) is 2.72. The lowest BCUT2D eigenvalue weighted by Crippen LogP contribution is -2.45. The summed E-state index contributed by atoms with van der Waals surface area (Å²) >= 11 is 5.57. The number of hydrogen-bond acceptors (Lipinski definition) is 1. The standard InChI is InChI=1S/C15H30N2S/c1-3-5-6-9-12-16-15(18)17-13-10-7-8-11-14(17)4-2/h14H,3-13H2,1-2H3,(H,16,18). The molecule has 1 aliphatic rings. The highest BCUT2D eigenvalue weighted by Crippen LogP contribution is 2.19. The number of unbranched alkanes of at least 4 members (excludes halogenated alkanes) is 3. The van der Waals surface area contributed by atoms with Crippen LogP contribution in [0.4, 0.5) is 0 Å². The van der Waals surface area contributed by atoms with Crippen molar-refractivity contribution in [2.24, 2.45) is 0 Å². The average molecular weight is 270 g/mol. The molecule has 0 aromatic rings. The number of hydrogen-bond donors (Lipinski definition) is 1. The fourth-order valence-corrected chi connectivity index (χ4v) is 3.06. The predicted molar refractivity (Wildman–Crippen MR) is 84.0 cm³/mol. The lowest BCUT2D eigenvalue weighted by atomic mass is 10.1. The normalized spacial score (nSPS) is 20.6. The summed E-state index contributed by atoms with van der Waals surface area (Å²) in [7, 11) is 0. The van der Waals surface area contributed by atoms with Gasteiger partial charge in [-0.2, -0.15) is 0 Å². The van der Waals surface area contributed by atoms with Crippen LogP contribution in [0.5, 0.6) is 0 Å². The van der Waals surface area contributed by atoms with E-state index >= 15 is 0 Å². The molecule has 1 heterocycles. The van der Waals surface area contributed by atoms with Gasteiger partial charge in [-0.1, -0.05) is 46.0 Å². The van der Waals surface area contributed by atoms with E-state index in [2.05, 4.69) is 24.1 Å².